The van der Waals surface area contributed by atoms with Crippen molar-refractivity contribution in [1.29, 1.82) is 0 Å². The molecule has 0 saturated heterocycles. The summed E-state index contributed by atoms with van der Waals surface area (Å²) in [6, 6.07) is 7.27. The number of aromatic nitrogens is 2. The zero-order valence-corrected chi connectivity index (χ0v) is 6.86. The number of fused-ring (bicyclic) bond motifs is 1. The van der Waals surface area contributed by atoms with E-state index in [-0.39, 0.29) is 19.7 Å². The smallest absolute Gasteiger partial charge is 0.306 e. The summed E-state index contributed by atoms with van der Waals surface area (Å²) in [6.07, 6.45) is 0.710. The standard InChI is InChI=1S/C9H8N2O2.CH4/c12-6-5-11-8-4-2-1-3-7(8)10-9(11)13;/h1-4,6H,5H2,(H,10,13);1H4. The Morgan fingerprint density at radius 1 is 1.36 bits per heavy atom. The van der Waals surface area contributed by atoms with Gasteiger partial charge < -0.3 is 9.78 Å². The number of rotatable bonds is 2. The molecule has 1 aromatic heterocycles. The van der Waals surface area contributed by atoms with Crippen LogP contribution in [-0.2, 0) is 11.3 Å². The number of hydrogen-bond acceptors (Lipinski definition) is 2. The molecule has 0 amide bonds. The second-order valence-corrected chi connectivity index (χ2v) is 2.72. The molecule has 0 unspecified atom stereocenters. The van der Waals surface area contributed by atoms with Gasteiger partial charge in [-0.05, 0) is 12.1 Å². The summed E-state index contributed by atoms with van der Waals surface area (Å²) < 4.78 is 1.41. The van der Waals surface area contributed by atoms with Gasteiger partial charge in [0.2, 0.25) is 0 Å². The molecule has 0 atom stereocenters. The van der Waals surface area contributed by atoms with Gasteiger partial charge in [0.15, 0.2) is 0 Å². The highest BCUT2D eigenvalue weighted by molar-refractivity contribution is 5.75. The largest absolute Gasteiger partial charge is 0.326 e. The first kappa shape index (κ1) is 10.2. The van der Waals surface area contributed by atoms with Gasteiger partial charge in [-0.25, -0.2) is 4.79 Å². The van der Waals surface area contributed by atoms with Gasteiger partial charge in [0.25, 0.3) is 0 Å². The van der Waals surface area contributed by atoms with Gasteiger partial charge in [0, 0.05) is 0 Å². The van der Waals surface area contributed by atoms with Crippen LogP contribution < -0.4 is 5.69 Å². The second kappa shape index (κ2) is 3.91. The minimum atomic E-state index is -0.242. The maximum atomic E-state index is 11.3. The minimum Gasteiger partial charge on any atom is -0.306 e. The summed E-state index contributed by atoms with van der Waals surface area (Å²) in [5.41, 5.74) is 1.28. The number of carbonyl (C=O) groups excluding carboxylic acids is 1. The van der Waals surface area contributed by atoms with Crippen LogP contribution in [0.5, 0.6) is 0 Å². The maximum Gasteiger partial charge on any atom is 0.326 e. The van der Waals surface area contributed by atoms with Crippen molar-refractivity contribution < 1.29 is 4.79 Å². The lowest BCUT2D eigenvalue weighted by molar-refractivity contribution is -0.108. The lowest BCUT2D eigenvalue weighted by Crippen LogP contribution is -2.17. The van der Waals surface area contributed by atoms with E-state index in [1.165, 1.54) is 4.57 Å². The van der Waals surface area contributed by atoms with Crippen LogP contribution in [0.15, 0.2) is 29.1 Å². The van der Waals surface area contributed by atoms with Crippen LogP contribution in [0.1, 0.15) is 7.43 Å². The van der Waals surface area contributed by atoms with Crippen molar-refractivity contribution in [3.8, 4) is 0 Å². The Morgan fingerprint density at radius 2 is 2.07 bits per heavy atom. The normalized spacial score (nSPS) is 9.71. The van der Waals surface area contributed by atoms with Crippen molar-refractivity contribution >= 4 is 17.3 Å². The molecule has 4 nitrogen and oxygen atoms in total. The highest BCUT2D eigenvalue weighted by Gasteiger charge is 2.03. The van der Waals surface area contributed by atoms with Gasteiger partial charge in [-0.3, -0.25) is 4.57 Å². The fraction of sp³-hybridized carbons (Fsp3) is 0.200. The number of H-pyrrole nitrogens is 1. The third kappa shape index (κ3) is 1.46. The molecular formula is C10H12N2O2. The summed E-state index contributed by atoms with van der Waals surface area (Å²) >= 11 is 0. The number of aldehydes is 1. The number of nitrogens with zero attached hydrogens (tertiary/aromatic N) is 1. The summed E-state index contributed by atoms with van der Waals surface area (Å²) in [6.45, 7) is 0.100. The molecule has 0 bridgehead atoms. The maximum absolute atomic E-state index is 11.3. The van der Waals surface area contributed by atoms with Crippen LogP contribution >= 0.6 is 0 Å². The topological polar surface area (TPSA) is 54.9 Å². The second-order valence-electron chi connectivity index (χ2n) is 2.72. The molecule has 0 aliphatic heterocycles. The molecule has 74 valence electrons. The van der Waals surface area contributed by atoms with E-state index in [9.17, 15) is 9.59 Å². The third-order valence-electron chi connectivity index (χ3n) is 1.94. The van der Waals surface area contributed by atoms with Gasteiger partial charge in [0.05, 0.1) is 17.6 Å². The number of aromatic amines is 1. The fourth-order valence-electron chi connectivity index (χ4n) is 1.36. The Morgan fingerprint density at radius 3 is 2.79 bits per heavy atom. The van der Waals surface area contributed by atoms with Crippen LogP contribution in [0.4, 0.5) is 0 Å². The lowest BCUT2D eigenvalue weighted by Gasteiger charge is -1.94. The van der Waals surface area contributed by atoms with E-state index in [4.69, 9.17) is 0 Å². The molecule has 0 aliphatic carbocycles. The van der Waals surface area contributed by atoms with Crippen molar-refractivity contribution in [1.82, 2.24) is 9.55 Å². The van der Waals surface area contributed by atoms with Gasteiger partial charge in [-0.2, -0.15) is 0 Å². The molecule has 2 rings (SSSR count). The first-order valence-electron chi connectivity index (χ1n) is 3.94. The highest BCUT2D eigenvalue weighted by atomic mass is 16.1. The monoisotopic (exact) mass is 192 g/mol. The average Bonchev–Trinajstić information content (AvgIpc) is 2.44. The SMILES string of the molecule is C.O=CCn1c(=O)[nH]c2ccccc21. The van der Waals surface area contributed by atoms with Gasteiger partial charge >= 0.3 is 5.69 Å². The van der Waals surface area contributed by atoms with E-state index in [1.807, 2.05) is 12.1 Å². The first-order chi connectivity index (χ1) is 6.33. The van der Waals surface area contributed by atoms with E-state index in [1.54, 1.807) is 12.1 Å². The van der Waals surface area contributed by atoms with Crippen molar-refractivity contribution in [2.75, 3.05) is 0 Å². The zero-order chi connectivity index (χ0) is 9.26. The fourth-order valence-corrected chi connectivity index (χ4v) is 1.36. The minimum absolute atomic E-state index is 0. The van der Waals surface area contributed by atoms with E-state index in [2.05, 4.69) is 4.98 Å². The third-order valence-corrected chi connectivity index (χ3v) is 1.94. The summed E-state index contributed by atoms with van der Waals surface area (Å²) in [5.74, 6) is 0. The number of nitrogens with one attached hydrogen (secondary N) is 1. The Kier molecular flexibility index (Phi) is 2.86. The summed E-state index contributed by atoms with van der Waals surface area (Å²) in [4.78, 5) is 24.2. The van der Waals surface area contributed by atoms with E-state index in [0.29, 0.717) is 6.29 Å². The number of carbonyl (C=O) groups is 1. The predicted molar refractivity (Wildman–Crippen MR) is 55.4 cm³/mol. The molecule has 0 saturated carbocycles. The first-order valence-corrected chi connectivity index (χ1v) is 3.94. The molecule has 0 spiro atoms. The summed E-state index contributed by atoms with van der Waals surface area (Å²) in [5, 5.41) is 0. The van der Waals surface area contributed by atoms with Gasteiger partial charge in [-0.1, -0.05) is 19.6 Å². The quantitative estimate of drug-likeness (QED) is 0.726. The molecule has 2 aromatic rings. The van der Waals surface area contributed by atoms with Crippen molar-refractivity contribution in [3.05, 3.63) is 34.7 Å². The van der Waals surface area contributed by atoms with Crippen LogP contribution in [0.25, 0.3) is 11.0 Å². The van der Waals surface area contributed by atoms with Gasteiger partial charge in [-0.15, -0.1) is 0 Å². The van der Waals surface area contributed by atoms with E-state index < -0.39 is 0 Å². The van der Waals surface area contributed by atoms with Crippen molar-refractivity contribution in [3.63, 3.8) is 0 Å². The molecule has 14 heavy (non-hydrogen) atoms. The lowest BCUT2D eigenvalue weighted by atomic mass is 10.3. The van der Waals surface area contributed by atoms with E-state index >= 15 is 0 Å². The van der Waals surface area contributed by atoms with E-state index in [0.717, 1.165) is 11.0 Å². The van der Waals surface area contributed by atoms with Crippen LogP contribution in [0.2, 0.25) is 0 Å². The van der Waals surface area contributed by atoms with Crippen LogP contribution in [-0.4, -0.2) is 15.8 Å². The summed E-state index contributed by atoms with van der Waals surface area (Å²) in [7, 11) is 0. The molecule has 1 aromatic carbocycles. The van der Waals surface area contributed by atoms with Gasteiger partial charge in [0.1, 0.15) is 6.29 Å². The Hall–Kier alpha value is -1.84. The van der Waals surface area contributed by atoms with Crippen molar-refractivity contribution in [2.24, 2.45) is 0 Å². The van der Waals surface area contributed by atoms with Crippen LogP contribution in [0, 0.1) is 0 Å². The number of para-hydroxylation sites is 2. The zero-order valence-electron chi connectivity index (χ0n) is 6.86. The molecule has 1 N–H and O–H groups in total. The highest BCUT2D eigenvalue weighted by Crippen LogP contribution is 2.07. The molecule has 0 fully saturated rings. The average molecular weight is 192 g/mol. The molecule has 0 radical (unpaired) electrons. The molecule has 0 aliphatic rings. The molecule has 4 heteroatoms. The number of imidazole rings is 1. The Labute approximate surface area is 81.2 Å². The van der Waals surface area contributed by atoms with Crippen molar-refractivity contribution in [2.45, 2.75) is 14.0 Å². The number of hydrogen-bond donors (Lipinski definition) is 1. The molecular weight excluding hydrogens is 180 g/mol. The predicted octanol–water partition coefficient (Wildman–Crippen LogP) is 1.16. The van der Waals surface area contributed by atoms with Crippen LogP contribution in [0.3, 0.4) is 0 Å². The Bertz CT molecular complexity index is 496. The molecule has 1 heterocycles. The Balaban J connectivity index is 0.000000980. The number of benzene rings is 1.